The number of amides is 2. The molecule has 0 saturated heterocycles. The predicted molar refractivity (Wildman–Crippen MR) is 102 cm³/mol. The number of anilines is 2. The van der Waals surface area contributed by atoms with Gasteiger partial charge in [-0.2, -0.15) is 0 Å². The first-order valence-electron chi connectivity index (χ1n) is 7.58. The lowest BCUT2D eigenvalue weighted by atomic mass is 10.2. The highest BCUT2D eigenvalue weighted by atomic mass is 35.5. The molecule has 6 nitrogen and oxygen atoms in total. The topological polar surface area (TPSA) is 80.6 Å². The van der Waals surface area contributed by atoms with Crippen molar-refractivity contribution in [2.24, 2.45) is 0 Å². The van der Waals surface area contributed by atoms with Crippen molar-refractivity contribution in [3.8, 4) is 5.75 Å². The molecule has 134 valence electrons. The fourth-order valence-electron chi connectivity index (χ4n) is 2.31. The second-order valence-corrected chi connectivity index (χ2v) is 6.84. The van der Waals surface area contributed by atoms with Gasteiger partial charge in [0.2, 0.25) is 0 Å². The number of hydrogen-bond donors (Lipinski definition) is 2. The van der Waals surface area contributed by atoms with Gasteiger partial charge in [0.1, 0.15) is 5.75 Å². The number of rotatable bonds is 5. The molecule has 0 aliphatic rings. The summed E-state index contributed by atoms with van der Waals surface area (Å²) in [6.45, 7) is 1.79. The number of furan rings is 1. The smallest absolute Gasteiger partial charge is 0.291 e. The van der Waals surface area contributed by atoms with E-state index in [1.807, 2.05) is 0 Å². The molecule has 3 rings (SSSR count). The van der Waals surface area contributed by atoms with E-state index in [0.29, 0.717) is 26.3 Å². The van der Waals surface area contributed by atoms with Crippen molar-refractivity contribution in [2.45, 2.75) is 6.92 Å². The van der Waals surface area contributed by atoms with Crippen LogP contribution in [0.15, 0.2) is 47.1 Å². The number of aryl methyl sites for hydroxylation is 1. The molecule has 0 aliphatic carbocycles. The highest BCUT2D eigenvalue weighted by Gasteiger charge is 2.18. The maximum Gasteiger partial charge on any atom is 0.291 e. The Kier molecular flexibility index (Phi) is 5.29. The van der Waals surface area contributed by atoms with Gasteiger partial charge in [-0.1, -0.05) is 11.6 Å². The summed E-state index contributed by atoms with van der Waals surface area (Å²) in [4.78, 5) is 25.1. The number of thiophene rings is 1. The molecule has 0 saturated carbocycles. The quantitative estimate of drug-likeness (QED) is 0.654. The van der Waals surface area contributed by atoms with Crippen LogP contribution in [0.5, 0.6) is 5.75 Å². The lowest BCUT2D eigenvalue weighted by Crippen LogP contribution is -2.12. The molecule has 2 amide bonds. The first-order valence-corrected chi connectivity index (χ1v) is 8.77. The van der Waals surface area contributed by atoms with Crippen molar-refractivity contribution < 1.29 is 18.7 Å². The van der Waals surface area contributed by atoms with Crippen LogP contribution < -0.4 is 15.4 Å². The Morgan fingerprint density at radius 1 is 1.15 bits per heavy atom. The number of halogens is 1. The van der Waals surface area contributed by atoms with Gasteiger partial charge in [-0.15, -0.1) is 11.3 Å². The molecular formula is C18H15ClN2O4S. The number of hydrogen-bond acceptors (Lipinski definition) is 5. The number of ether oxygens (including phenoxy) is 1. The molecule has 0 bridgehead atoms. The minimum atomic E-state index is -0.375. The van der Waals surface area contributed by atoms with Crippen LogP contribution in [0.1, 0.15) is 25.8 Å². The second-order valence-electron chi connectivity index (χ2n) is 5.35. The number of carbonyl (C=O) groups is 2. The van der Waals surface area contributed by atoms with Crippen molar-refractivity contribution in [3.05, 3.63) is 63.9 Å². The summed E-state index contributed by atoms with van der Waals surface area (Å²) in [7, 11) is 1.51. The van der Waals surface area contributed by atoms with Crippen LogP contribution in [0.25, 0.3) is 0 Å². The standard InChI is InChI=1S/C18H15ClN2O4S/c1-10-8-15(21-17(22)14-4-3-7-25-14)26-16(10)18(23)20-12-9-11(19)5-6-13(12)24-2/h3-9H,1-2H3,(H,20,23)(H,21,22). The molecule has 0 spiro atoms. The van der Waals surface area contributed by atoms with Gasteiger partial charge in [0.25, 0.3) is 11.8 Å². The van der Waals surface area contributed by atoms with Crippen LogP contribution in [0.3, 0.4) is 0 Å². The Morgan fingerprint density at radius 3 is 2.65 bits per heavy atom. The van der Waals surface area contributed by atoms with Gasteiger partial charge in [0, 0.05) is 5.02 Å². The minimum Gasteiger partial charge on any atom is -0.495 e. The van der Waals surface area contributed by atoms with Gasteiger partial charge in [-0.25, -0.2) is 0 Å². The maximum absolute atomic E-state index is 12.6. The average Bonchev–Trinajstić information content (AvgIpc) is 3.25. The lowest BCUT2D eigenvalue weighted by Gasteiger charge is -2.10. The summed E-state index contributed by atoms with van der Waals surface area (Å²) in [6, 6.07) is 9.89. The molecule has 1 aromatic carbocycles. The van der Waals surface area contributed by atoms with Gasteiger partial charge < -0.3 is 19.8 Å². The zero-order valence-electron chi connectivity index (χ0n) is 14.0. The van der Waals surface area contributed by atoms with Gasteiger partial charge >= 0.3 is 0 Å². The van der Waals surface area contributed by atoms with Crippen molar-refractivity contribution in [1.82, 2.24) is 0 Å². The molecule has 0 aliphatic heterocycles. The molecule has 0 unspecified atom stereocenters. The zero-order valence-corrected chi connectivity index (χ0v) is 15.5. The van der Waals surface area contributed by atoms with E-state index in [2.05, 4.69) is 10.6 Å². The van der Waals surface area contributed by atoms with Crippen molar-refractivity contribution in [1.29, 1.82) is 0 Å². The summed E-state index contributed by atoms with van der Waals surface area (Å²) < 4.78 is 10.3. The number of methoxy groups -OCH3 is 1. The fraction of sp³-hybridized carbons (Fsp3) is 0.111. The highest BCUT2D eigenvalue weighted by molar-refractivity contribution is 7.18. The second kappa shape index (κ2) is 7.63. The van der Waals surface area contributed by atoms with Gasteiger partial charge in [0.05, 0.1) is 28.9 Å². The molecular weight excluding hydrogens is 376 g/mol. The molecule has 2 N–H and O–H groups in total. The maximum atomic E-state index is 12.6. The van der Waals surface area contributed by atoms with E-state index < -0.39 is 0 Å². The van der Waals surface area contributed by atoms with Crippen molar-refractivity contribution in [3.63, 3.8) is 0 Å². The van der Waals surface area contributed by atoms with E-state index in [1.54, 1.807) is 43.3 Å². The third-order valence-electron chi connectivity index (χ3n) is 3.52. The Balaban J connectivity index is 1.77. The van der Waals surface area contributed by atoms with Crippen LogP contribution in [0.4, 0.5) is 10.7 Å². The summed E-state index contributed by atoms with van der Waals surface area (Å²) in [5.74, 6) is 0.0142. The average molecular weight is 391 g/mol. The van der Waals surface area contributed by atoms with E-state index in [4.69, 9.17) is 20.8 Å². The fourth-order valence-corrected chi connectivity index (χ4v) is 3.44. The molecule has 0 atom stereocenters. The lowest BCUT2D eigenvalue weighted by molar-refractivity contribution is 0.0995. The molecule has 2 heterocycles. The zero-order chi connectivity index (χ0) is 18.7. The first kappa shape index (κ1) is 18.0. The van der Waals surface area contributed by atoms with E-state index in [-0.39, 0.29) is 17.6 Å². The third-order valence-corrected chi connectivity index (χ3v) is 4.90. The number of nitrogens with one attached hydrogen (secondary N) is 2. The van der Waals surface area contributed by atoms with Crippen LogP contribution >= 0.6 is 22.9 Å². The monoisotopic (exact) mass is 390 g/mol. The Bertz CT molecular complexity index is 950. The van der Waals surface area contributed by atoms with E-state index in [9.17, 15) is 9.59 Å². The van der Waals surface area contributed by atoms with E-state index in [1.165, 1.54) is 24.7 Å². The molecule has 0 radical (unpaired) electrons. The Labute approximate surface area is 158 Å². The van der Waals surface area contributed by atoms with Crippen molar-refractivity contribution in [2.75, 3.05) is 17.7 Å². The Hall–Kier alpha value is -2.77. The summed E-state index contributed by atoms with van der Waals surface area (Å²) in [5.41, 5.74) is 1.21. The summed E-state index contributed by atoms with van der Waals surface area (Å²) in [6.07, 6.45) is 1.42. The van der Waals surface area contributed by atoms with Crippen LogP contribution in [-0.4, -0.2) is 18.9 Å². The normalized spacial score (nSPS) is 10.4. The van der Waals surface area contributed by atoms with E-state index in [0.717, 1.165) is 5.56 Å². The SMILES string of the molecule is COc1ccc(Cl)cc1NC(=O)c1sc(NC(=O)c2ccco2)cc1C. The molecule has 3 aromatic rings. The van der Waals surface area contributed by atoms with Crippen LogP contribution in [0.2, 0.25) is 5.02 Å². The number of carbonyl (C=O) groups excluding carboxylic acids is 2. The molecule has 26 heavy (non-hydrogen) atoms. The molecule has 2 aromatic heterocycles. The third kappa shape index (κ3) is 3.89. The molecule has 8 heteroatoms. The minimum absolute atomic E-state index is 0.200. The first-order chi connectivity index (χ1) is 12.5. The molecule has 0 fully saturated rings. The van der Waals surface area contributed by atoms with Gasteiger partial charge in [-0.05, 0) is 48.9 Å². The number of benzene rings is 1. The van der Waals surface area contributed by atoms with Crippen molar-refractivity contribution >= 4 is 45.4 Å². The highest BCUT2D eigenvalue weighted by Crippen LogP contribution is 2.31. The van der Waals surface area contributed by atoms with Crippen LogP contribution in [0, 0.1) is 6.92 Å². The predicted octanol–water partition coefficient (Wildman–Crippen LogP) is 4.82. The largest absolute Gasteiger partial charge is 0.495 e. The van der Waals surface area contributed by atoms with Crippen LogP contribution in [-0.2, 0) is 0 Å². The van der Waals surface area contributed by atoms with Gasteiger partial charge in [0.15, 0.2) is 5.76 Å². The Morgan fingerprint density at radius 2 is 1.96 bits per heavy atom. The summed E-state index contributed by atoms with van der Waals surface area (Å²) in [5, 5.41) is 6.53. The van der Waals surface area contributed by atoms with E-state index >= 15 is 0 Å². The van der Waals surface area contributed by atoms with Gasteiger partial charge in [-0.3, -0.25) is 9.59 Å². The summed E-state index contributed by atoms with van der Waals surface area (Å²) >= 11 is 7.15.